The normalized spacial score (nSPS) is 53.7. The molecule has 13 nitrogen and oxygen atoms in total. The molecule has 19 rings (SSSR count). The molecular weight excluding hydrogens is 1100 g/mol. The van der Waals surface area contributed by atoms with E-state index in [1.807, 2.05) is 6.07 Å². The Bertz CT molecular complexity index is 3420. The van der Waals surface area contributed by atoms with Crippen LogP contribution < -0.4 is 5.32 Å². The number of carbonyl (C=O) groups is 3. The summed E-state index contributed by atoms with van der Waals surface area (Å²) in [4.78, 5) is 52.2. The van der Waals surface area contributed by atoms with Gasteiger partial charge in [-0.05, 0) is 209 Å². The lowest BCUT2D eigenvalue weighted by molar-refractivity contribution is -0.315. The van der Waals surface area contributed by atoms with Crippen LogP contribution >= 0.6 is 0 Å². The van der Waals surface area contributed by atoms with Crippen molar-refractivity contribution in [1.29, 1.82) is 0 Å². The molecule has 0 radical (unpaired) electrons. The summed E-state index contributed by atoms with van der Waals surface area (Å²) in [5.74, 6) is 7.72. The van der Waals surface area contributed by atoms with Crippen molar-refractivity contribution in [2.24, 2.45) is 122 Å². The van der Waals surface area contributed by atoms with Crippen molar-refractivity contribution in [2.45, 2.75) is 196 Å². The molecule has 5 spiro atoms. The number of ether oxygens (including phenoxy) is 4. The van der Waals surface area contributed by atoms with Crippen LogP contribution in [0.2, 0.25) is 0 Å². The first-order valence-electron chi connectivity index (χ1n) is 35.4. The average molecular weight is 1200 g/mol. The quantitative estimate of drug-likeness (QED) is 0.0808. The molecule has 29 atom stereocenters. The number of hydrogen-bond acceptors (Lipinski definition) is 13. The van der Waals surface area contributed by atoms with E-state index in [9.17, 15) is 10.2 Å². The Kier molecular flexibility index (Phi) is 11.6. The molecule has 88 heavy (non-hydrogen) atoms. The van der Waals surface area contributed by atoms with Crippen molar-refractivity contribution in [3.8, 4) is 11.8 Å². The van der Waals surface area contributed by atoms with E-state index >= 15 is 19.5 Å². The number of hydrogen-bond donors (Lipinski definition) is 4. The van der Waals surface area contributed by atoms with Gasteiger partial charge in [-0.15, -0.1) is 0 Å². The summed E-state index contributed by atoms with van der Waals surface area (Å²) >= 11 is 0. The number of cyclic esters (lactones) is 1. The number of aliphatic hydroxyl groups is 3. The van der Waals surface area contributed by atoms with E-state index in [0.717, 1.165) is 89.8 Å². The molecule has 1 aromatic heterocycles. The minimum atomic E-state index is -1.56. The van der Waals surface area contributed by atoms with Crippen molar-refractivity contribution in [1.82, 2.24) is 10.2 Å². The monoisotopic (exact) mass is 1200 g/mol. The molecule has 1 aromatic carbocycles. The van der Waals surface area contributed by atoms with Crippen molar-refractivity contribution < 1.29 is 53.1 Å². The number of allylic oxidation sites excluding steroid dienone is 1. The first-order chi connectivity index (χ1) is 42.6. The van der Waals surface area contributed by atoms with E-state index in [4.69, 9.17) is 23.4 Å². The fourth-order valence-corrected chi connectivity index (χ4v) is 28.5. The lowest BCUT2D eigenvalue weighted by atomic mass is 9.28. The summed E-state index contributed by atoms with van der Waals surface area (Å²) in [6.45, 7) is 8.50. The standard InChI is InChI=1S/C75H92N2O11/c1-40-50-15-7-12-43(50)18-20-51(40)56-32-49-31-48-14-9-24-70(48)35-47-34-68(2)72(54-23-27-84-59(54)33-53(58(79)37-78)45-19-21-52-46(30-45)22-26-77-39-76-36-57(52)77)25-8-13-44-17-16-42(28-41-10-5-4-6-11-41)29-55(44)73(75(68)65(86-75)67(83)87-72)61(47)71-38-85-66(82)63(70)74(49,71)88-69(56,3)62(71)60(80)64(73)81/h4-6,10-11,22-23,26-27,32,40,42-48,50-53,55-58,61-65,76,78-79,81H,7,9,12,14-21,24-25,28-31,33-39H2,1-3H3. The van der Waals surface area contributed by atoms with Crippen LogP contribution in [0.15, 0.2) is 71.0 Å². The van der Waals surface area contributed by atoms with E-state index in [1.54, 1.807) is 6.26 Å². The number of fused-ring (bicyclic) bond motifs is 7. The molecule has 13 heteroatoms. The Morgan fingerprint density at radius 3 is 2.62 bits per heavy atom. The van der Waals surface area contributed by atoms with Gasteiger partial charge in [0.25, 0.3) is 0 Å². The zero-order chi connectivity index (χ0) is 59.4. The SMILES string of the molecule is CC1C2CCCC2CCC1C1C=C2CC3CCCC34CC3CC5(C)C6(c7ccoc7CC(C(O)CO)C7CCC8C(C=CN9CNCC89)C7)CC#CC7CCC(Cc8ccccc8)CC7C7(C(O)C(=O)C8C1(C)OC21C4C(=O)OCC81C37)C51OC1C(=O)O6. The Labute approximate surface area is 518 Å². The van der Waals surface area contributed by atoms with E-state index in [2.05, 4.69) is 91.5 Å². The highest BCUT2D eigenvalue weighted by molar-refractivity contribution is 5.94. The van der Waals surface area contributed by atoms with Crippen molar-refractivity contribution in [3.05, 3.63) is 83.5 Å². The minimum Gasteiger partial charge on any atom is -0.469 e. The van der Waals surface area contributed by atoms with Gasteiger partial charge in [-0.2, -0.15) is 0 Å². The van der Waals surface area contributed by atoms with Crippen LogP contribution in [0, 0.1) is 134 Å². The summed E-state index contributed by atoms with van der Waals surface area (Å²) < 4.78 is 37.6. The highest BCUT2D eigenvalue weighted by atomic mass is 16.7. The van der Waals surface area contributed by atoms with Gasteiger partial charge in [-0.3, -0.25) is 14.9 Å². The van der Waals surface area contributed by atoms with Crippen LogP contribution in [0.25, 0.3) is 0 Å². The Morgan fingerprint density at radius 2 is 1.76 bits per heavy atom. The van der Waals surface area contributed by atoms with E-state index in [0.29, 0.717) is 66.7 Å². The predicted octanol–water partition coefficient (Wildman–Crippen LogP) is 9.64. The lowest BCUT2D eigenvalue weighted by Gasteiger charge is -2.74. The molecule has 468 valence electrons. The number of epoxide rings is 1. The maximum Gasteiger partial charge on any atom is 0.339 e. The first kappa shape index (κ1) is 55.4. The molecule has 29 unspecified atom stereocenters. The number of esters is 2. The first-order valence-corrected chi connectivity index (χ1v) is 35.4. The molecule has 10 aliphatic carbocycles. The van der Waals surface area contributed by atoms with Crippen molar-refractivity contribution >= 4 is 17.7 Å². The van der Waals surface area contributed by atoms with Gasteiger partial charge in [0, 0.05) is 47.2 Å². The number of aliphatic hydroxyl groups excluding tert-OH is 3. The maximum atomic E-state index is 17.7. The Balaban J connectivity index is 0.824. The second-order valence-electron chi connectivity index (χ2n) is 33.3. The smallest absolute Gasteiger partial charge is 0.339 e. The van der Waals surface area contributed by atoms with Crippen LogP contribution in [0.1, 0.15) is 153 Å². The zero-order valence-corrected chi connectivity index (χ0v) is 51.9. The van der Waals surface area contributed by atoms with E-state index in [-0.39, 0.29) is 72.1 Å². The number of ketones is 1. The second kappa shape index (κ2) is 18.5. The minimum absolute atomic E-state index is 0.0259. The molecule has 0 amide bonds. The number of carbonyl (C=O) groups excluding carboxylic acids is 3. The number of furan rings is 1. The lowest BCUT2D eigenvalue weighted by Crippen LogP contribution is -2.83. The summed E-state index contributed by atoms with van der Waals surface area (Å²) in [7, 11) is 0. The molecule has 9 bridgehead atoms. The van der Waals surface area contributed by atoms with Crippen LogP contribution in [0.3, 0.4) is 0 Å². The second-order valence-corrected chi connectivity index (χ2v) is 33.3. The topological polar surface area (TPSA) is 181 Å². The van der Waals surface area contributed by atoms with Gasteiger partial charge in [0.15, 0.2) is 17.5 Å². The fraction of sp³-hybridized carbons (Fsp3) is 0.747. The molecule has 7 aliphatic heterocycles. The molecule has 2 aromatic rings. The van der Waals surface area contributed by atoms with Crippen LogP contribution in [-0.2, 0) is 51.8 Å². The molecule has 5 saturated heterocycles. The number of Topliss-reactive ketones (excluding diaryl/α,β-unsaturated/α-hetero) is 1. The van der Waals surface area contributed by atoms with Gasteiger partial charge in [0.2, 0.25) is 0 Å². The maximum absolute atomic E-state index is 17.7. The van der Waals surface area contributed by atoms with Gasteiger partial charge in [0.05, 0.1) is 54.9 Å². The summed E-state index contributed by atoms with van der Waals surface area (Å²) in [5.41, 5.74) is -6.09. The van der Waals surface area contributed by atoms with Crippen molar-refractivity contribution in [3.63, 3.8) is 0 Å². The third-order valence-corrected chi connectivity index (χ3v) is 31.1. The highest BCUT2D eigenvalue weighted by Gasteiger charge is 3.00. The van der Waals surface area contributed by atoms with E-state index in [1.165, 1.54) is 36.8 Å². The Hall–Kier alpha value is -4.29. The molecule has 9 saturated carbocycles. The molecule has 14 fully saturated rings. The Morgan fingerprint density at radius 1 is 0.898 bits per heavy atom. The third-order valence-electron chi connectivity index (χ3n) is 31.1. The van der Waals surface area contributed by atoms with Crippen LogP contribution in [-0.4, -0.2) is 106 Å². The highest BCUT2D eigenvalue weighted by Crippen LogP contribution is 2.91. The number of rotatable bonds is 9. The molecule has 17 aliphatic rings. The van der Waals surface area contributed by atoms with Gasteiger partial charge in [0.1, 0.15) is 29.7 Å². The largest absolute Gasteiger partial charge is 0.469 e. The zero-order valence-electron chi connectivity index (χ0n) is 51.9. The summed E-state index contributed by atoms with van der Waals surface area (Å²) in [5, 5.41) is 41.8. The fourth-order valence-electron chi connectivity index (χ4n) is 28.5. The van der Waals surface area contributed by atoms with Crippen molar-refractivity contribution in [2.75, 3.05) is 26.4 Å². The molecule has 8 heterocycles. The van der Waals surface area contributed by atoms with Gasteiger partial charge in [-0.25, -0.2) is 4.79 Å². The predicted molar refractivity (Wildman–Crippen MR) is 322 cm³/mol. The number of nitrogens with one attached hydrogen (secondary N) is 1. The van der Waals surface area contributed by atoms with Gasteiger partial charge in [-0.1, -0.05) is 87.4 Å². The number of benzene rings is 1. The average Bonchev–Trinajstić information content (AvgIpc) is 1.40. The summed E-state index contributed by atoms with van der Waals surface area (Å²) in [6.07, 6.45) is 22.8. The van der Waals surface area contributed by atoms with Gasteiger partial charge < -0.3 is 43.6 Å². The summed E-state index contributed by atoms with van der Waals surface area (Å²) in [6, 6.07) is 13.2. The third kappa shape index (κ3) is 6.34. The van der Waals surface area contributed by atoms with Crippen LogP contribution in [0.5, 0.6) is 0 Å². The molecule has 4 N–H and O–H groups in total. The van der Waals surface area contributed by atoms with E-state index < -0.39 is 98.6 Å². The van der Waals surface area contributed by atoms with Gasteiger partial charge >= 0.3 is 11.9 Å². The number of nitrogens with zero attached hydrogens (tertiary/aromatic N) is 1. The van der Waals surface area contributed by atoms with Crippen LogP contribution in [0.4, 0.5) is 0 Å². The molecular formula is C75H92N2O11.